The molecule has 1 fully saturated rings. The smallest absolute Gasteiger partial charge is 0.358 e. The highest BCUT2D eigenvalue weighted by Gasteiger charge is 2.27. The Morgan fingerprint density at radius 3 is 2.46 bits per heavy atom. The van der Waals surface area contributed by atoms with E-state index in [1.54, 1.807) is 19.1 Å². The predicted molar refractivity (Wildman–Crippen MR) is 101 cm³/mol. The van der Waals surface area contributed by atoms with E-state index in [1.165, 1.54) is 22.9 Å². The summed E-state index contributed by atoms with van der Waals surface area (Å²) in [7, 11) is 0. The second-order valence-corrected chi connectivity index (χ2v) is 7.21. The number of nitrogens with zero attached hydrogens (tertiary/aromatic N) is 5. The van der Waals surface area contributed by atoms with E-state index in [-0.39, 0.29) is 23.5 Å². The van der Waals surface area contributed by atoms with Crippen LogP contribution < -0.4 is 0 Å². The van der Waals surface area contributed by atoms with E-state index in [2.05, 4.69) is 10.00 Å². The molecule has 1 aromatic carbocycles. The predicted octanol–water partition coefficient (Wildman–Crippen LogP) is 2.22. The highest BCUT2D eigenvalue weighted by atomic mass is 19.1. The zero-order valence-corrected chi connectivity index (χ0v) is 16.0. The molecular weight excluding hydrogens is 365 g/mol. The molecule has 2 heterocycles. The Labute approximate surface area is 162 Å². The van der Waals surface area contributed by atoms with Crippen molar-refractivity contribution < 1.29 is 14.1 Å². The lowest BCUT2D eigenvalue weighted by molar-refractivity contribution is -0.389. The van der Waals surface area contributed by atoms with Crippen LogP contribution in [0.1, 0.15) is 18.2 Å². The first-order valence-electron chi connectivity index (χ1n) is 9.28. The lowest BCUT2D eigenvalue weighted by Gasteiger charge is -2.36. The van der Waals surface area contributed by atoms with Crippen LogP contribution in [-0.2, 0) is 17.9 Å². The molecule has 8 nitrogen and oxygen atoms in total. The Morgan fingerprint density at radius 2 is 1.89 bits per heavy atom. The lowest BCUT2D eigenvalue weighted by atomic mass is 10.1. The van der Waals surface area contributed by atoms with Crippen LogP contribution >= 0.6 is 0 Å². The van der Waals surface area contributed by atoms with Gasteiger partial charge in [-0.05, 0) is 29.5 Å². The summed E-state index contributed by atoms with van der Waals surface area (Å²) >= 11 is 0. The van der Waals surface area contributed by atoms with Crippen molar-refractivity contribution in [3.8, 4) is 0 Å². The van der Waals surface area contributed by atoms with Crippen molar-refractivity contribution in [2.75, 3.05) is 26.2 Å². The van der Waals surface area contributed by atoms with E-state index in [0.29, 0.717) is 25.3 Å². The van der Waals surface area contributed by atoms with Crippen molar-refractivity contribution in [2.24, 2.45) is 5.92 Å². The zero-order valence-electron chi connectivity index (χ0n) is 16.0. The molecule has 1 aliphatic rings. The van der Waals surface area contributed by atoms with Gasteiger partial charge in [0.05, 0.1) is 29.3 Å². The number of amides is 1. The van der Waals surface area contributed by atoms with E-state index in [0.717, 1.165) is 25.2 Å². The summed E-state index contributed by atoms with van der Waals surface area (Å²) in [4.78, 5) is 27.1. The van der Waals surface area contributed by atoms with E-state index in [1.807, 2.05) is 11.8 Å². The van der Waals surface area contributed by atoms with E-state index in [4.69, 9.17) is 0 Å². The van der Waals surface area contributed by atoms with Gasteiger partial charge in [-0.1, -0.05) is 19.1 Å². The van der Waals surface area contributed by atoms with Gasteiger partial charge in [0.25, 0.3) is 0 Å². The van der Waals surface area contributed by atoms with Crippen molar-refractivity contribution in [1.29, 1.82) is 0 Å². The molecular formula is C19H24FN5O3. The van der Waals surface area contributed by atoms with Gasteiger partial charge in [0.1, 0.15) is 5.82 Å². The van der Waals surface area contributed by atoms with Gasteiger partial charge >= 0.3 is 5.82 Å². The van der Waals surface area contributed by atoms with Crippen LogP contribution in [0.15, 0.2) is 30.3 Å². The number of piperazine rings is 1. The van der Waals surface area contributed by atoms with Crippen LogP contribution in [0.25, 0.3) is 0 Å². The molecule has 9 heteroatoms. The third-order valence-electron chi connectivity index (χ3n) is 5.03. The number of carbonyl (C=O) groups excluding carboxylic acids is 1. The number of hydrogen-bond acceptors (Lipinski definition) is 5. The monoisotopic (exact) mass is 389 g/mol. The number of rotatable bonds is 6. The van der Waals surface area contributed by atoms with Crippen molar-refractivity contribution in [2.45, 2.75) is 26.9 Å². The number of benzene rings is 1. The molecule has 1 amide bonds. The van der Waals surface area contributed by atoms with Crippen LogP contribution in [0.5, 0.6) is 0 Å². The highest BCUT2D eigenvalue weighted by Crippen LogP contribution is 2.16. The summed E-state index contributed by atoms with van der Waals surface area (Å²) in [6.45, 7) is 7.36. The molecule has 3 rings (SSSR count). The average molecular weight is 389 g/mol. The molecule has 0 spiro atoms. The largest absolute Gasteiger partial charge is 0.390 e. The number of aromatic nitrogens is 2. The Bertz CT molecular complexity index is 844. The summed E-state index contributed by atoms with van der Waals surface area (Å²) in [5.74, 6) is -0.738. The summed E-state index contributed by atoms with van der Waals surface area (Å²) in [6, 6.07) is 7.88. The Morgan fingerprint density at radius 1 is 1.25 bits per heavy atom. The molecule has 28 heavy (non-hydrogen) atoms. The molecule has 1 unspecified atom stereocenters. The van der Waals surface area contributed by atoms with E-state index >= 15 is 0 Å². The minimum absolute atomic E-state index is 0.0268. The SMILES string of the molecule is Cc1cc([N+](=O)[O-])nn1CC(C)C(=O)N1CCN(Cc2ccc(F)cc2)CC1. The number of aryl methyl sites for hydroxylation is 1. The van der Waals surface area contributed by atoms with Crippen molar-refractivity contribution in [3.05, 3.63) is 57.5 Å². The van der Waals surface area contributed by atoms with Crippen LogP contribution in [0.4, 0.5) is 10.2 Å². The molecule has 0 radical (unpaired) electrons. The fourth-order valence-electron chi connectivity index (χ4n) is 3.39. The quantitative estimate of drug-likeness (QED) is 0.559. The van der Waals surface area contributed by atoms with Gasteiger partial charge in [0, 0.05) is 32.7 Å². The summed E-state index contributed by atoms with van der Waals surface area (Å²) < 4.78 is 14.5. The molecule has 0 saturated carbocycles. The second-order valence-electron chi connectivity index (χ2n) is 7.21. The normalized spacial score (nSPS) is 16.2. The minimum atomic E-state index is -0.531. The van der Waals surface area contributed by atoms with Crippen LogP contribution in [0.2, 0.25) is 0 Å². The topological polar surface area (TPSA) is 84.5 Å². The first-order valence-corrected chi connectivity index (χ1v) is 9.28. The van der Waals surface area contributed by atoms with Gasteiger partial charge in [-0.15, -0.1) is 0 Å². The molecule has 1 saturated heterocycles. The standard InChI is InChI=1S/C19H24FN5O3/c1-14(12-24-15(2)11-18(21-24)25(27)28)19(26)23-9-7-22(8-10-23)13-16-3-5-17(20)6-4-16/h3-6,11,14H,7-10,12-13H2,1-2H3. The Balaban J connectivity index is 1.51. The maximum absolute atomic E-state index is 13.0. The zero-order chi connectivity index (χ0) is 20.3. The molecule has 1 aliphatic heterocycles. The van der Waals surface area contributed by atoms with Crippen molar-refractivity contribution in [1.82, 2.24) is 19.6 Å². The van der Waals surface area contributed by atoms with Crippen LogP contribution in [0.3, 0.4) is 0 Å². The van der Waals surface area contributed by atoms with Gasteiger partial charge in [-0.3, -0.25) is 9.69 Å². The minimum Gasteiger partial charge on any atom is -0.358 e. The molecule has 1 atom stereocenters. The van der Waals surface area contributed by atoms with E-state index < -0.39 is 4.92 Å². The molecule has 0 N–H and O–H groups in total. The average Bonchev–Trinajstić information content (AvgIpc) is 3.04. The van der Waals surface area contributed by atoms with Gasteiger partial charge in [-0.25, -0.2) is 4.39 Å². The molecule has 0 aliphatic carbocycles. The van der Waals surface area contributed by atoms with Gasteiger partial charge < -0.3 is 15.0 Å². The molecule has 2 aromatic rings. The maximum atomic E-state index is 13.0. The van der Waals surface area contributed by atoms with Gasteiger partial charge in [0.2, 0.25) is 5.91 Å². The highest BCUT2D eigenvalue weighted by molar-refractivity contribution is 5.78. The van der Waals surface area contributed by atoms with Gasteiger partial charge in [0.15, 0.2) is 0 Å². The van der Waals surface area contributed by atoms with Crippen LogP contribution in [-0.4, -0.2) is 56.6 Å². The first kappa shape index (κ1) is 19.9. The Kier molecular flexibility index (Phi) is 6.03. The number of halogens is 1. The summed E-state index contributed by atoms with van der Waals surface area (Å²) in [6.07, 6.45) is 0. The number of nitro groups is 1. The maximum Gasteiger partial charge on any atom is 0.390 e. The molecule has 0 bridgehead atoms. The fourth-order valence-corrected chi connectivity index (χ4v) is 3.39. The summed E-state index contributed by atoms with van der Waals surface area (Å²) in [5.41, 5.74) is 1.71. The van der Waals surface area contributed by atoms with Gasteiger partial charge in [-0.2, -0.15) is 4.68 Å². The summed E-state index contributed by atoms with van der Waals surface area (Å²) in [5, 5.41) is 14.8. The molecule has 150 valence electrons. The van der Waals surface area contributed by atoms with E-state index in [9.17, 15) is 19.3 Å². The third-order valence-corrected chi connectivity index (χ3v) is 5.03. The van der Waals surface area contributed by atoms with Crippen LogP contribution in [0, 0.1) is 28.8 Å². The van der Waals surface area contributed by atoms with Crippen molar-refractivity contribution >= 4 is 11.7 Å². The Hall–Kier alpha value is -2.81. The fraction of sp³-hybridized carbons (Fsp3) is 0.474. The lowest BCUT2D eigenvalue weighted by Crippen LogP contribution is -2.50. The van der Waals surface area contributed by atoms with Crippen molar-refractivity contribution in [3.63, 3.8) is 0 Å². The first-order chi connectivity index (χ1) is 13.3. The third kappa shape index (κ3) is 4.72. The number of hydrogen-bond donors (Lipinski definition) is 0. The molecule has 1 aromatic heterocycles. The number of carbonyl (C=O) groups is 1. The second kappa shape index (κ2) is 8.47.